The third kappa shape index (κ3) is 9.99. The van der Waals surface area contributed by atoms with Crippen LogP contribution in [0.15, 0.2) is 66.7 Å². The quantitative estimate of drug-likeness (QED) is 0.166. The molecule has 0 spiro atoms. The number of esters is 2. The van der Waals surface area contributed by atoms with Gasteiger partial charge in [0.25, 0.3) is 5.91 Å². The zero-order chi connectivity index (χ0) is 32.2. The first kappa shape index (κ1) is 33.4. The maximum atomic E-state index is 13.3. The number of aryl methyl sites for hydroxylation is 1. The standard InChI is InChI=1S/C36H43NO8/c1-24(2)45-31-17-12-26(13-18-31)23-44-30-15-10-25(11-16-30)7-6-20-43-33-19-14-28(36(40)42-4)22-32(33)34(38)37-29-9-5-8-27(21-29)35(39)41-3/h10-19,22,24,27,29H,5-9,20-21,23H2,1-4H3,(H,37,38). The number of carbonyl (C=O) groups excluding carboxylic acids is 3. The van der Waals surface area contributed by atoms with Crippen LogP contribution in [0.4, 0.5) is 0 Å². The Balaban J connectivity index is 1.29. The van der Waals surface area contributed by atoms with E-state index in [9.17, 15) is 14.4 Å². The zero-order valence-electron chi connectivity index (χ0n) is 26.5. The minimum Gasteiger partial charge on any atom is -0.493 e. The van der Waals surface area contributed by atoms with Gasteiger partial charge in [-0.1, -0.05) is 30.7 Å². The van der Waals surface area contributed by atoms with E-state index in [1.807, 2.05) is 62.4 Å². The number of hydrogen-bond acceptors (Lipinski definition) is 8. The van der Waals surface area contributed by atoms with Crippen molar-refractivity contribution in [2.24, 2.45) is 5.92 Å². The highest BCUT2D eigenvalue weighted by Crippen LogP contribution is 2.27. The van der Waals surface area contributed by atoms with Crippen molar-refractivity contribution >= 4 is 17.8 Å². The Kier molecular flexibility index (Phi) is 12.2. The van der Waals surface area contributed by atoms with Crippen LogP contribution in [0.25, 0.3) is 0 Å². The first-order valence-electron chi connectivity index (χ1n) is 15.5. The van der Waals surface area contributed by atoms with E-state index in [4.69, 9.17) is 23.7 Å². The van der Waals surface area contributed by atoms with Gasteiger partial charge in [0.2, 0.25) is 0 Å². The Morgan fingerprint density at radius 2 is 1.56 bits per heavy atom. The number of methoxy groups -OCH3 is 2. The fraction of sp³-hybridized carbons (Fsp3) is 0.417. The number of amides is 1. The number of nitrogens with one attached hydrogen (secondary N) is 1. The predicted molar refractivity (Wildman–Crippen MR) is 170 cm³/mol. The van der Waals surface area contributed by atoms with Gasteiger partial charge in [0.15, 0.2) is 0 Å². The fourth-order valence-corrected chi connectivity index (χ4v) is 5.36. The molecule has 0 aromatic heterocycles. The van der Waals surface area contributed by atoms with Crippen LogP contribution in [0, 0.1) is 5.92 Å². The van der Waals surface area contributed by atoms with Gasteiger partial charge in [-0.25, -0.2) is 4.79 Å². The van der Waals surface area contributed by atoms with Gasteiger partial charge in [0.05, 0.1) is 44.0 Å². The van der Waals surface area contributed by atoms with Crippen LogP contribution in [0.3, 0.4) is 0 Å². The molecule has 1 saturated carbocycles. The molecule has 1 fully saturated rings. The molecule has 4 rings (SSSR count). The van der Waals surface area contributed by atoms with Crippen LogP contribution in [0.1, 0.15) is 77.8 Å². The second kappa shape index (κ2) is 16.5. The van der Waals surface area contributed by atoms with Crippen molar-refractivity contribution in [2.75, 3.05) is 20.8 Å². The predicted octanol–water partition coefficient (Wildman–Crippen LogP) is 6.31. The molecular weight excluding hydrogens is 574 g/mol. The summed E-state index contributed by atoms with van der Waals surface area (Å²) >= 11 is 0. The summed E-state index contributed by atoms with van der Waals surface area (Å²) in [5, 5.41) is 3.02. The molecule has 2 atom stereocenters. The normalized spacial score (nSPS) is 16.0. The van der Waals surface area contributed by atoms with Gasteiger partial charge in [-0.3, -0.25) is 9.59 Å². The molecule has 9 heteroatoms. The summed E-state index contributed by atoms with van der Waals surface area (Å²) in [7, 11) is 2.67. The van der Waals surface area contributed by atoms with Crippen LogP contribution >= 0.6 is 0 Å². The van der Waals surface area contributed by atoms with Crippen LogP contribution < -0.4 is 19.5 Å². The van der Waals surface area contributed by atoms with E-state index >= 15 is 0 Å². The molecule has 9 nitrogen and oxygen atoms in total. The molecule has 2 unspecified atom stereocenters. The van der Waals surface area contributed by atoms with E-state index in [1.54, 1.807) is 12.1 Å². The second-order valence-electron chi connectivity index (χ2n) is 11.5. The number of ether oxygens (including phenoxy) is 5. The zero-order valence-corrected chi connectivity index (χ0v) is 26.5. The minimum atomic E-state index is -0.541. The lowest BCUT2D eigenvalue weighted by atomic mass is 9.85. The molecule has 1 aliphatic carbocycles. The lowest BCUT2D eigenvalue weighted by Gasteiger charge is -2.28. The summed E-state index contributed by atoms with van der Waals surface area (Å²) in [5.74, 6) is 0.611. The van der Waals surface area contributed by atoms with Crippen molar-refractivity contribution in [1.29, 1.82) is 0 Å². The minimum absolute atomic E-state index is 0.136. The van der Waals surface area contributed by atoms with E-state index in [2.05, 4.69) is 5.32 Å². The van der Waals surface area contributed by atoms with Crippen LogP contribution in [-0.4, -0.2) is 50.8 Å². The van der Waals surface area contributed by atoms with Gasteiger partial charge >= 0.3 is 11.9 Å². The lowest BCUT2D eigenvalue weighted by Crippen LogP contribution is -2.40. The summed E-state index contributed by atoms with van der Waals surface area (Å²) in [6, 6.07) is 20.4. The van der Waals surface area contributed by atoms with Crippen LogP contribution in [-0.2, 0) is 27.3 Å². The van der Waals surface area contributed by atoms with E-state index in [0.717, 1.165) is 48.3 Å². The summed E-state index contributed by atoms with van der Waals surface area (Å²) in [6.45, 7) is 4.84. The highest BCUT2D eigenvalue weighted by Gasteiger charge is 2.29. The molecule has 1 amide bonds. The topological polar surface area (TPSA) is 109 Å². The molecule has 3 aromatic carbocycles. The molecule has 45 heavy (non-hydrogen) atoms. The van der Waals surface area contributed by atoms with E-state index in [-0.39, 0.29) is 41.1 Å². The molecule has 3 aromatic rings. The summed E-state index contributed by atoms with van der Waals surface area (Å²) in [5.41, 5.74) is 2.70. The summed E-state index contributed by atoms with van der Waals surface area (Å²) in [4.78, 5) is 37.6. The SMILES string of the molecule is COC(=O)c1ccc(OCCCc2ccc(OCc3ccc(OC(C)C)cc3)cc2)c(C(=O)NC2CCCC(C(=O)OC)C2)c1. The number of rotatable bonds is 14. The number of hydrogen-bond donors (Lipinski definition) is 1. The van der Waals surface area contributed by atoms with E-state index in [1.165, 1.54) is 20.3 Å². The maximum Gasteiger partial charge on any atom is 0.337 e. The summed E-state index contributed by atoms with van der Waals surface area (Å²) < 4.78 is 27.4. The Morgan fingerprint density at radius 1 is 0.844 bits per heavy atom. The van der Waals surface area contributed by atoms with Crippen molar-refractivity contribution in [1.82, 2.24) is 5.32 Å². The molecule has 0 aliphatic heterocycles. The monoisotopic (exact) mass is 617 g/mol. The Hall–Kier alpha value is -4.53. The van der Waals surface area contributed by atoms with Crippen molar-refractivity contribution in [3.8, 4) is 17.2 Å². The van der Waals surface area contributed by atoms with Gasteiger partial charge in [0, 0.05) is 6.04 Å². The molecular formula is C36H43NO8. The average Bonchev–Trinajstić information content (AvgIpc) is 3.06. The number of benzene rings is 3. The van der Waals surface area contributed by atoms with Crippen molar-refractivity contribution in [2.45, 2.75) is 71.1 Å². The van der Waals surface area contributed by atoms with Gasteiger partial charge < -0.3 is 29.0 Å². The van der Waals surface area contributed by atoms with Crippen LogP contribution in [0.5, 0.6) is 17.2 Å². The molecule has 0 saturated heterocycles. The highest BCUT2D eigenvalue weighted by molar-refractivity contribution is 6.00. The smallest absolute Gasteiger partial charge is 0.337 e. The van der Waals surface area contributed by atoms with E-state index in [0.29, 0.717) is 31.8 Å². The Labute approximate surface area is 265 Å². The van der Waals surface area contributed by atoms with Crippen LogP contribution in [0.2, 0.25) is 0 Å². The molecule has 1 aliphatic rings. The molecule has 1 N–H and O–H groups in total. The summed E-state index contributed by atoms with van der Waals surface area (Å²) in [6.07, 6.45) is 4.45. The van der Waals surface area contributed by atoms with Crippen molar-refractivity contribution < 1.29 is 38.1 Å². The maximum absolute atomic E-state index is 13.3. The number of carbonyl (C=O) groups is 3. The molecule has 0 heterocycles. The average molecular weight is 618 g/mol. The van der Waals surface area contributed by atoms with E-state index < -0.39 is 5.97 Å². The first-order chi connectivity index (χ1) is 21.7. The van der Waals surface area contributed by atoms with Gasteiger partial charge in [-0.2, -0.15) is 0 Å². The Morgan fingerprint density at radius 3 is 2.24 bits per heavy atom. The highest BCUT2D eigenvalue weighted by atomic mass is 16.5. The molecule has 0 radical (unpaired) electrons. The third-order valence-corrected chi connectivity index (χ3v) is 7.68. The van der Waals surface area contributed by atoms with Gasteiger partial charge in [-0.05, 0) is 99.5 Å². The fourth-order valence-electron chi connectivity index (χ4n) is 5.36. The van der Waals surface area contributed by atoms with Gasteiger partial charge in [-0.15, -0.1) is 0 Å². The van der Waals surface area contributed by atoms with Crippen molar-refractivity contribution in [3.05, 3.63) is 89.0 Å². The van der Waals surface area contributed by atoms with Gasteiger partial charge in [0.1, 0.15) is 23.9 Å². The lowest BCUT2D eigenvalue weighted by molar-refractivity contribution is -0.146. The molecule has 240 valence electrons. The first-order valence-corrected chi connectivity index (χ1v) is 15.5. The third-order valence-electron chi connectivity index (χ3n) is 7.68. The molecule has 0 bridgehead atoms. The Bertz CT molecular complexity index is 1420. The second-order valence-corrected chi connectivity index (χ2v) is 11.5. The largest absolute Gasteiger partial charge is 0.493 e. The van der Waals surface area contributed by atoms with Crippen molar-refractivity contribution in [3.63, 3.8) is 0 Å².